The molecule has 0 unspecified atom stereocenters. The Morgan fingerprint density at radius 3 is 2.43 bits per heavy atom. The van der Waals surface area contributed by atoms with Gasteiger partial charge in [-0.05, 0) is 61.7 Å². The monoisotopic (exact) mass is 438 g/mol. The van der Waals surface area contributed by atoms with Gasteiger partial charge in [0.1, 0.15) is 0 Å². The third kappa shape index (κ3) is 3.98. The van der Waals surface area contributed by atoms with Gasteiger partial charge in [-0.15, -0.1) is 0 Å². The van der Waals surface area contributed by atoms with Gasteiger partial charge in [0.05, 0.1) is 11.5 Å². The molecule has 0 aromatic heterocycles. The van der Waals surface area contributed by atoms with Crippen LogP contribution in [0.3, 0.4) is 0 Å². The van der Waals surface area contributed by atoms with Crippen molar-refractivity contribution >= 4 is 34.8 Å². The molecular weight excluding hydrogens is 415 g/mol. The highest BCUT2D eigenvalue weighted by atomic mass is 35.5. The van der Waals surface area contributed by atoms with E-state index in [1.165, 1.54) is 11.1 Å². The van der Waals surface area contributed by atoms with E-state index in [0.717, 1.165) is 35.7 Å². The molecule has 0 aliphatic carbocycles. The average Bonchev–Trinajstić information content (AvgIpc) is 3.00. The quantitative estimate of drug-likeness (QED) is 0.467. The number of halogens is 2. The first-order valence-electron chi connectivity index (χ1n) is 10.1. The molecule has 5 rings (SSSR count). The summed E-state index contributed by atoms with van der Waals surface area (Å²) in [7, 11) is 0. The van der Waals surface area contributed by atoms with Crippen molar-refractivity contribution in [3.8, 4) is 0 Å². The molecule has 0 bridgehead atoms. The fourth-order valence-electron chi connectivity index (χ4n) is 4.50. The Morgan fingerprint density at radius 2 is 1.73 bits per heavy atom. The number of anilines is 1. The Labute approximate surface area is 187 Å². The lowest BCUT2D eigenvalue weighted by atomic mass is 9.67. The van der Waals surface area contributed by atoms with Crippen molar-refractivity contribution in [2.45, 2.75) is 31.2 Å². The van der Waals surface area contributed by atoms with Gasteiger partial charge in [0.15, 0.2) is 0 Å². The molecule has 1 spiro atoms. The van der Waals surface area contributed by atoms with E-state index in [-0.39, 0.29) is 11.9 Å². The van der Waals surface area contributed by atoms with Gasteiger partial charge in [-0.3, -0.25) is 4.79 Å². The molecule has 2 N–H and O–H groups in total. The number of aryl methyl sites for hydroxylation is 1. The molecule has 1 amide bonds. The van der Waals surface area contributed by atoms with E-state index < -0.39 is 5.41 Å². The maximum absolute atomic E-state index is 13.0. The van der Waals surface area contributed by atoms with E-state index >= 15 is 0 Å². The summed E-state index contributed by atoms with van der Waals surface area (Å²) in [6, 6.07) is 23.6. The van der Waals surface area contributed by atoms with E-state index in [9.17, 15) is 4.79 Å². The number of hydrogen-bond acceptors (Lipinski definition) is 2. The van der Waals surface area contributed by atoms with Crippen LogP contribution >= 0.6 is 23.2 Å². The Balaban J connectivity index is 0.000000265. The van der Waals surface area contributed by atoms with Crippen LogP contribution in [0.1, 0.15) is 35.6 Å². The average molecular weight is 439 g/mol. The van der Waals surface area contributed by atoms with Gasteiger partial charge in [-0.1, -0.05) is 77.3 Å². The summed E-state index contributed by atoms with van der Waals surface area (Å²) in [4.78, 5) is 13.0. The Morgan fingerprint density at radius 1 is 0.933 bits per heavy atom. The lowest BCUT2D eigenvalue weighted by molar-refractivity contribution is -0.123. The largest absolute Gasteiger partial charge is 0.325 e. The summed E-state index contributed by atoms with van der Waals surface area (Å²) in [5.41, 5.74) is 3.74. The van der Waals surface area contributed by atoms with Crippen LogP contribution in [0.4, 0.5) is 5.69 Å². The van der Waals surface area contributed by atoms with Crippen LogP contribution in [0.25, 0.3) is 0 Å². The second-order valence-corrected chi connectivity index (χ2v) is 8.69. The summed E-state index contributed by atoms with van der Waals surface area (Å²) < 4.78 is 0. The molecule has 2 aliphatic heterocycles. The molecule has 3 nitrogen and oxygen atoms in total. The van der Waals surface area contributed by atoms with E-state index in [2.05, 4.69) is 41.8 Å². The van der Waals surface area contributed by atoms with Gasteiger partial charge in [-0.2, -0.15) is 0 Å². The van der Waals surface area contributed by atoms with Crippen LogP contribution in [0.15, 0.2) is 72.8 Å². The van der Waals surface area contributed by atoms with Gasteiger partial charge < -0.3 is 10.6 Å². The van der Waals surface area contributed by atoms with E-state index in [0.29, 0.717) is 5.02 Å². The zero-order chi connectivity index (χ0) is 21.1. The summed E-state index contributed by atoms with van der Waals surface area (Å²) >= 11 is 11.6. The van der Waals surface area contributed by atoms with Gasteiger partial charge in [-0.25, -0.2) is 0 Å². The molecule has 3 aromatic rings. The van der Waals surface area contributed by atoms with Crippen molar-refractivity contribution in [2.24, 2.45) is 0 Å². The number of fused-ring (bicyclic) bond motifs is 2. The number of benzene rings is 3. The fraction of sp³-hybridized carbons (Fsp3) is 0.240. The smallest absolute Gasteiger partial charge is 0.237 e. The SMILES string of the molecule is Cc1cccc([C@H]2NCCC[C@]23C(=O)Nc2cc(Cl)ccc23)c1.Clc1ccccc1. The zero-order valence-corrected chi connectivity index (χ0v) is 18.3. The van der Waals surface area contributed by atoms with Crippen molar-refractivity contribution in [3.63, 3.8) is 0 Å². The number of carbonyl (C=O) groups excluding carboxylic acids is 1. The number of carbonyl (C=O) groups is 1. The predicted octanol–water partition coefficient (Wildman–Crippen LogP) is 6.30. The molecule has 5 heteroatoms. The number of amides is 1. The summed E-state index contributed by atoms with van der Waals surface area (Å²) in [6.45, 7) is 3.01. The molecule has 2 heterocycles. The normalized spacial score (nSPS) is 22.1. The summed E-state index contributed by atoms with van der Waals surface area (Å²) in [5, 5.41) is 8.08. The number of piperidine rings is 1. The molecule has 2 aliphatic rings. The highest BCUT2D eigenvalue weighted by Gasteiger charge is 2.53. The molecule has 30 heavy (non-hydrogen) atoms. The fourth-order valence-corrected chi connectivity index (χ4v) is 4.82. The number of rotatable bonds is 1. The molecule has 3 aromatic carbocycles. The van der Waals surface area contributed by atoms with E-state index in [4.69, 9.17) is 23.2 Å². The minimum absolute atomic E-state index is 0.0152. The first-order chi connectivity index (χ1) is 14.5. The Hall–Kier alpha value is -2.33. The minimum Gasteiger partial charge on any atom is -0.325 e. The van der Waals surface area contributed by atoms with Crippen LogP contribution in [0, 0.1) is 6.92 Å². The Bertz CT molecular complexity index is 1050. The van der Waals surface area contributed by atoms with E-state index in [1.54, 1.807) is 0 Å². The van der Waals surface area contributed by atoms with E-state index in [1.807, 2.05) is 48.5 Å². The van der Waals surface area contributed by atoms with Crippen LogP contribution in [0.5, 0.6) is 0 Å². The lowest BCUT2D eigenvalue weighted by Crippen LogP contribution is -2.50. The molecule has 1 saturated heterocycles. The molecule has 1 fully saturated rings. The van der Waals surface area contributed by atoms with Crippen LogP contribution in [0.2, 0.25) is 10.0 Å². The highest BCUT2D eigenvalue weighted by Crippen LogP contribution is 2.51. The summed E-state index contributed by atoms with van der Waals surface area (Å²) in [6.07, 6.45) is 1.83. The third-order valence-electron chi connectivity index (χ3n) is 5.81. The first-order valence-corrected chi connectivity index (χ1v) is 10.9. The van der Waals surface area contributed by atoms with Gasteiger partial charge in [0.2, 0.25) is 5.91 Å². The molecule has 0 saturated carbocycles. The summed E-state index contributed by atoms with van der Waals surface area (Å²) in [5.74, 6) is 0.0773. The van der Waals surface area contributed by atoms with Gasteiger partial charge in [0.25, 0.3) is 0 Å². The third-order valence-corrected chi connectivity index (χ3v) is 6.30. The molecular formula is C25H24Cl2N2O. The van der Waals surface area contributed by atoms with Crippen LogP contribution < -0.4 is 10.6 Å². The lowest BCUT2D eigenvalue weighted by Gasteiger charge is -2.41. The second kappa shape index (κ2) is 8.81. The predicted molar refractivity (Wildman–Crippen MR) is 124 cm³/mol. The minimum atomic E-state index is -0.550. The number of nitrogens with one attached hydrogen (secondary N) is 2. The molecule has 0 radical (unpaired) electrons. The second-order valence-electron chi connectivity index (χ2n) is 7.82. The topological polar surface area (TPSA) is 41.1 Å². The van der Waals surface area contributed by atoms with Gasteiger partial charge >= 0.3 is 0 Å². The van der Waals surface area contributed by atoms with Gasteiger partial charge in [0, 0.05) is 15.7 Å². The maximum atomic E-state index is 13.0. The van der Waals surface area contributed by atoms with Crippen LogP contribution in [-0.4, -0.2) is 12.5 Å². The van der Waals surface area contributed by atoms with Crippen molar-refractivity contribution in [2.75, 3.05) is 11.9 Å². The van der Waals surface area contributed by atoms with Crippen molar-refractivity contribution in [1.82, 2.24) is 5.32 Å². The van der Waals surface area contributed by atoms with Crippen molar-refractivity contribution in [3.05, 3.63) is 99.5 Å². The van der Waals surface area contributed by atoms with Crippen molar-refractivity contribution < 1.29 is 4.79 Å². The maximum Gasteiger partial charge on any atom is 0.237 e. The molecule has 154 valence electrons. The van der Waals surface area contributed by atoms with Crippen LogP contribution in [-0.2, 0) is 10.2 Å². The number of hydrogen-bond donors (Lipinski definition) is 2. The Kier molecular flexibility index (Phi) is 6.14. The first kappa shape index (κ1) is 20.9. The molecule has 2 atom stereocenters. The van der Waals surface area contributed by atoms with Crippen molar-refractivity contribution in [1.29, 1.82) is 0 Å². The zero-order valence-electron chi connectivity index (χ0n) is 16.8. The highest BCUT2D eigenvalue weighted by molar-refractivity contribution is 6.31. The standard InChI is InChI=1S/C19H19ClN2O.C6H5Cl/c1-12-4-2-5-13(10-12)17-19(8-3-9-21-17)15-7-6-14(20)11-16(15)22-18(19)23;7-6-4-2-1-3-5-6/h2,4-7,10-11,17,21H,3,8-9H2,1H3,(H,22,23);1-5H/t17-,19-;/m1./s1.